The topological polar surface area (TPSA) is 111 Å². The molecule has 0 N–H and O–H groups in total. The summed E-state index contributed by atoms with van der Waals surface area (Å²) in [7, 11) is 1.15. The standard InChI is InChI=1S/C96H160NO8P/c1-6-8-10-12-14-16-18-20-22-24-26-28-30-32-34-36-38-40-42-44-46-48-50-52-54-56-58-60-62-64-66-68-70-72-74-76-78-80-82-84-86-88-95(98)102-92-94(93-104-106(100,101)103-91-90-97(3,4)5)105-96(99)89-87-85-83-81-79-77-75-73-71-69-67-65-63-61-59-57-55-53-51-49-47-45-43-41-39-37-35-33-31-29-27-25-23-21-19-17-15-13-11-9-7-2/h8-11,14-17,20-23,26-29,32-35,39,41,45,47,51,53,57,59,63,65,69,71,94H,6-7,12-13,18-19,24-25,30-31,36-38,40,42-44,46,48-50,52,54-56,58,60-62,64,66-68,70,72-93H2,1-5H3/b10-8-,11-9-,16-14-,17-15-,22-20-,23-21-,28-26-,29-27-,34-32-,35-33-,41-39-,47-45-,53-51-,59-57-,65-63-,71-69-. The molecule has 10 heteroatoms. The zero-order chi connectivity index (χ0) is 76.8. The van der Waals surface area contributed by atoms with Gasteiger partial charge in [0.05, 0.1) is 27.7 Å². The lowest BCUT2D eigenvalue weighted by Crippen LogP contribution is -2.37. The van der Waals surface area contributed by atoms with Gasteiger partial charge in [0.2, 0.25) is 0 Å². The first kappa shape index (κ1) is 101. The van der Waals surface area contributed by atoms with Crippen LogP contribution in [0, 0.1) is 0 Å². The van der Waals surface area contributed by atoms with Crippen molar-refractivity contribution in [2.24, 2.45) is 0 Å². The van der Waals surface area contributed by atoms with Crippen LogP contribution in [-0.2, 0) is 32.7 Å². The highest BCUT2D eigenvalue weighted by molar-refractivity contribution is 7.45. The van der Waals surface area contributed by atoms with E-state index in [1.54, 1.807) is 0 Å². The number of nitrogens with zero attached hydrogens (tertiary/aromatic N) is 1. The van der Waals surface area contributed by atoms with Gasteiger partial charge in [-0.3, -0.25) is 14.2 Å². The zero-order valence-electron chi connectivity index (χ0n) is 68.8. The van der Waals surface area contributed by atoms with E-state index in [1.165, 1.54) is 161 Å². The Labute approximate surface area is 653 Å². The predicted octanol–water partition coefficient (Wildman–Crippen LogP) is 28.9. The second-order valence-electron chi connectivity index (χ2n) is 29.4. The molecule has 0 aliphatic heterocycles. The third-order valence-electron chi connectivity index (χ3n) is 18.1. The first-order chi connectivity index (χ1) is 52.0. The van der Waals surface area contributed by atoms with Gasteiger partial charge in [0.15, 0.2) is 6.10 Å². The summed E-state index contributed by atoms with van der Waals surface area (Å²) in [5.41, 5.74) is 0. The maximum atomic E-state index is 12.9. The molecule has 0 rings (SSSR count). The number of phosphoric ester groups is 1. The van der Waals surface area contributed by atoms with Crippen LogP contribution >= 0.6 is 7.82 Å². The molecule has 106 heavy (non-hydrogen) atoms. The summed E-state index contributed by atoms with van der Waals surface area (Å²) < 4.78 is 34.4. The maximum Gasteiger partial charge on any atom is 0.306 e. The number of hydrogen-bond donors (Lipinski definition) is 0. The average Bonchev–Trinajstić information content (AvgIpc) is 0.908. The molecule has 0 spiro atoms. The number of rotatable bonds is 78. The highest BCUT2D eigenvalue weighted by atomic mass is 31.2. The summed E-state index contributed by atoms with van der Waals surface area (Å²) in [5.74, 6) is -0.844. The zero-order valence-corrected chi connectivity index (χ0v) is 69.7. The van der Waals surface area contributed by atoms with Crippen molar-refractivity contribution in [3.05, 3.63) is 194 Å². The van der Waals surface area contributed by atoms with Gasteiger partial charge >= 0.3 is 11.9 Å². The molecule has 2 unspecified atom stereocenters. The fourth-order valence-electron chi connectivity index (χ4n) is 11.6. The van der Waals surface area contributed by atoms with Gasteiger partial charge in [-0.2, -0.15) is 0 Å². The lowest BCUT2D eigenvalue weighted by molar-refractivity contribution is -0.870. The van der Waals surface area contributed by atoms with Crippen molar-refractivity contribution < 1.29 is 42.1 Å². The van der Waals surface area contributed by atoms with Gasteiger partial charge in [-0.25, -0.2) is 0 Å². The van der Waals surface area contributed by atoms with Crippen LogP contribution in [0.5, 0.6) is 0 Å². The summed E-state index contributed by atoms with van der Waals surface area (Å²) in [4.78, 5) is 38.2. The second kappa shape index (κ2) is 83.9. The van der Waals surface area contributed by atoms with E-state index in [-0.39, 0.29) is 32.0 Å². The Morgan fingerprint density at radius 2 is 0.509 bits per heavy atom. The molecular weight excluding hydrogens is 1330 g/mol. The van der Waals surface area contributed by atoms with E-state index in [9.17, 15) is 19.0 Å². The van der Waals surface area contributed by atoms with Crippen molar-refractivity contribution in [2.75, 3.05) is 47.5 Å². The fraction of sp³-hybridized carbons (Fsp3) is 0.646. The largest absolute Gasteiger partial charge is 0.756 e. The minimum atomic E-state index is -4.66. The van der Waals surface area contributed by atoms with Crippen LogP contribution in [0.15, 0.2) is 194 Å². The average molecular weight is 1490 g/mol. The van der Waals surface area contributed by atoms with Crippen LogP contribution in [-0.4, -0.2) is 70.0 Å². The number of phosphoric acid groups is 1. The van der Waals surface area contributed by atoms with Crippen molar-refractivity contribution in [3.8, 4) is 0 Å². The molecule has 0 saturated carbocycles. The van der Waals surface area contributed by atoms with Crippen LogP contribution in [0.4, 0.5) is 0 Å². The van der Waals surface area contributed by atoms with Gasteiger partial charge in [0, 0.05) is 12.8 Å². The monoisotopic (exact) mass is 1490 g/mol. The highest BCUT2D eigenvalue weighted by Gasteiger charge is 2.22. The number of quaternary nitrogens is 1. The molecule has 602 valence electrons. The van der Waals surface area contributed by atoms with E-state index in [0.29, 0.717) is 17.4 Å². The molecular formula is C96H160NO8P. The fourth-order valence-corrected chi connectivity index (χ4v) is 12.4. The van der Waals surface area contributed by atoms with Crippen molar-refractivity contribution in [1.82, 2.24) is 0 Å². The molecule has 2 atom stereocenters. The number of likely N-dealkylation sites (N-methyl/N-ethyl adjacent to an activating group) is 1. The summed E-state index contributed by atoms with van der Waals surface area (Å²) in [6.45, 7) is 4.01. The predicted molar refractivity (Wildman–Crippen MR) is 461 cm³/mol. The van der Waals surface area contributed by atoms with Crippen LogP contribution in [0.25, 0.3) is 0 Å². The molecule has 0 aliphatic carbocycles. The Morgan fingerprint density at radius 1 is 0.292 bits per heavy atom. The van der Waals surface area contributed by atoms with Crippen molar-refractivity contribution in [2.45, 2.75) is 354 Å². The molecule has 0 radical (unpaired) electrons. The number of esters is 2. The maximum absolute atomic E-state index is 12.9. The quantitative estimate of drug-likeness (QED) is 0.0195. The van der Waals surface area contributed by atoms with Gasteiger partial charge < -0.3 is 27.9 Å². The summed E-state index contributed by atoms with van der Waals surface area (Å²) in [6.07, 6.45) is 130. The number of hydrogen-bond acceptors (Lipinski definition) is 8. The molecule has 0 saturated heterocycles. The highest BCUT2D eigenvalue weighted by Crippen LogP contribution is 2.38. The van der Waals surface area contributed by atoms with Gasteiger partial charge in [-0.1, -0.05) is 388 Å². The Kier molecular flexibility index (Phi) is 79.8. The van der Waals surface area contributed by atoms with E-state index < -0.39 is 26.5 Å². The molecule has 0 aromatic heterocycles. The first-order valence-electron chi connectivity index (χ1n) is 43.1. The molecule has 0 aromatic rings. The molecule has 0 aromatic carbocycles. The number of carbonyl (C=O) groups excluding carboxylic acids is 2. The molecule has 0 aliphatic rings. The Bertz CT molecular complexity index is 2510. The summed E-state index contributed by atoms with van der Waals surface area (Å²) in [6, 6.07) is 0. The third-order valence-corrected chi connectivity index (χ3v) is 19.1. The normalized spacial score (nSPS) is 14.0. The number of ether oxygens (including phenoxy) is 2. The lowest BCUT2D eigenvalue weighted by atomic mass is 10.0. The minimum absolute atomic E-state index is 0.0401. The van der Waals surface area contributed by atoms with Crippen LogP contribution in [0.3, 0.4) is 0 Å². The molecule has 0 fully saturated rings. The van der Waals surface area contributed by atoms with Gasteiger partial charge in [0.1, 0.15) is 19.8 Å². The minimum Gasteiger partial charge on any atom is -0.756 e. The molecule has 0 bridgehead atoms. The summed E-state index contributed by atoms with van der Waals surface area (Å²) >= 11 is 0. The summed E-state index contributed by atoms with van der Waals surface area (Å²) in [5, 5.41) is 0. The number of carbonyl (C=O) groups is 2. The van der Waals surface area contributed by atoms with Crippen molar-refractivity contribution >= 4 is 19.8 Å². The Morgan fingerprint density at radius 3 is 0.755 bits per heavy atom. The molecule has 0 amide bonds. The number of unbranched alkanes of at least 4 members (excludes halogenated alkanes) is 32. The lowest BCUT2D eigenvalue weighted by Gasteiger charge is -2.28. The van der Waals surface area contributed by atoms with E-state index >= 15 is 0 Å². The van der Waals surface area contributed by atoms with E-state index in [0.717, 1.165) is 154 Å². The van der Waals surface area contributed by atoms with E-state index in [2.05, 4.69) is 208 Å². The Hall–Kier alpha value is -5.15. The molecule has 0 heterocycles. The molecule has 9 nitrogen and oxygen atoms in total. The van der Waals surface area contributed by atoms with Gasteiger partial charge in [-0.05, 0) is 141 Å². The van der Waals surface area contributed by atoms with E-state index in [1.807, 2.05) is 21.1 Å². The van der Waals surface area contributed by atoms with Crippen LogP contribution < -0.4 is 4.89 Å². The van der Waals surface area contributed by atoms with E-state index in [4.69, 9.17) is 18.5 Å². The van der Waals surface area contributed by atoms with Gasteiger partial charge in [0.25, 0.3) is 7.82 Å². The van der Waals surface area contributed by atoms with Crippen molar-refractivity contribution in [3.63, 3.8) is 0 Å². The van der Waals surface area contributed by atoms with Crippen LogP contribution in [0.2, 0.25) is 0 Å². The first-order valence-corrected chi connectivity index (χ1v) is 44.6. The second-order valence-corrected chi connectivity index (χ2v) is 30.8. The SMILES string of the molecule is CC/C=C\C/C=C\C/C=C\C/C=C\C/C=C\C/C=C\C/C=C\C/C=C\C/C=C\C/C=C\C/C=C\CCCCCCCCCC(=O)OC(COC(=O)CCCCCCCCCCCCCCCCCCCCCCCCCCC/C=C\C/C=C\C/C=C\C/C=C\C/C=C\CC)COP(=O)([O-])OCC[N+](C)(C)C. The van der Waals surface area contributed by atoms with Crippen molar-refractivity contribution in [1.29, 1.82) is 0 Å². The number of allylic oxidation sites excluding steroid dienone is 32. The third kappa shape index (κ3) is 87.8. The Balaban J connectivity index is 4.00. The van der Waals surface area contributed by atoms with Gasteiger partial charge in [-0.15, -0.1) is 0 Å². The van der Waals surface area contributed by atoms with Crippen LogP contribution in [0.1, 0.15) is 348 Å². The smallest absolute Gasteiger partial charge is 0.306 e.